The van der Waals surface area contributed by atoms with Crippen molar-refractivity contribution in [2.24, 2.45) is 5.73 Å². The van der Waals surface area contributed by atoms with E-state index in [0.717, 1.165) is 36.3 Å². The maximum atomic E-state index is 12.3. The van der Waals surface area contributed by atoms with E-state index in [1.54, 1.807) is 0 Å². The first kappa shape index (κ1) is 20.9. The van der Waals surface area contributed by atoms with Gasteiger partial charge in [0.05, 0.1) is 17.9 Å². The number of hydrogen-bond donors (Lipinski definition) is 3. The Morgan fingerprint density at radius 2 is 1.93 bits per heavy atom. The molecule has 4 N–H and O–H groups in total. The summed E-state index contributed by atoms with van der Waals surface area (Å²) in [5.74, 6) is 0.719. The average molecular weight is 395 g/mol. The zero-order valence-corrected chi connectivity index (χ0v) is 17.4. The number of carbonyl (C=O) groups is 1. The molecule has 0 spiro atoms. The van der Waals surface area contributed by atoms with E-state index in [4.69, 9.17) is 10.5 Å². The van der Waals surface area contributed by atoms with Gasteiger partial charge in [0.1, 0.15) is 11.4 Å². The van der Waals surface area contributed by atoms with Gasteiger partial charge in [0, 0.05) is 5.56 Å². The Morgan fingerprint density at radius 3 is 2.66 bits per heavy atom. The van der Waals surface area contributed by atoms with Crippen molar-refractivity contribution in [3.8, 4) is 11.3 Å². The third kappa shape index (κ3) is 5.81. The van der Waals surface area contributed by atoms with Crippen LogP contribution >= 0.6 is 0 Å². The van der Waals surface area contributed by atoms with Crippen molar-refractivity contribution in [3.63, 3.8) is 0 Å². The molecule has 0 radical (unpaired) electrons. The first-order valence-electron chi connectivity index (χ1n) is 10.1. The SMILES string of the molecule is CC(C)(C)OC(=O)N[C@@H](CCCCN)c1ncc(-c2ccc3ccccc3c2)[nH]1. The van der Waals surface area contributed by atoms with E-state index in [0.29, 0.717) is 6.54 Å². The molecule has 3 rings (SSSR count). The number of unbranched alkanes of at least 4 members (excludes halogenated alkanes) is 1. The largest absolute Gasteiger partial charge is 0.444 e. The Hall–Kier alpha value is -2.86. The number of imidazole rings is 1. The molecule has 1 amide bonds. The molecule has 0 fully saturated rings. The number of nitrogens with zero attached hydrogens (tertiary/aromatic N) is 1. The van der Waals surface area contributed by atoms with Crippen LogP contribution in [0, 0.1) is 0 Å². The Kier molecular flexibility index (Phi) is 6.54. The van der Waals surface area contributed by atoms with Crippen LogP contribution in [-0.4, -0.2) is 28.2 Å². The second-order valence-electron chi connectivity index (χ2n) is 8.23. The van der Waals surface area contributed by atoms with Crippen LogP contribution in [0.15, 0.2) is 48.7 Å². The van der Waals surface area contributed by atoms with E-state index in [9.17, 15) is 4.79 Å². The smallest absolute Gasteiger partial charge is 0.408 e. The number of ether oxygens (including phenoxy) is 1. The van der Waals surface area contributed by atoms with Crippen LogP contribution in [0.3, 0.4) is 0 Å². The Morgan fingerprint density at radius 1 is 1.17 bits per heavy atom. The summed E-state index contributed by atoms with van der Waals surface area (Å²) in [4.78, 5) is 20.2. The van der Waals surface area contributed by atoms with Gasteiger partial charge in [0.15, 0.2) is 0 Å². The highest BCUT2D eigenvalue weighted by molar-refractivity contribution is 5.86. The Balaban J connectivity index is 1.80. The fourth-order valence-electron chi connectivity index (χ4n) is 3.24. The number of carbonyl (C=O) groups excluding carboxylic acids is 1. The number of aromatic amines is 1. The minimum absolute atomic E-state index is 0.259. The van der Waals surface area contributed by atoms with Gasteiger partial charge >= 0.3 is 6.09 Å². The highest BCUT2D eigenvalue weighted by Crippen LogP contribution is 2.25. The van der Waals surface area contributed by atoms with Crippen molar-refractivity contribution in [3.05, 3.63) is 54.5 Å². The molecular weight excluding hydrogens is 364 g/mol. The third-order valence-electron chi connectivity index (χ3n) is 4.62. The summed E-state index contributed by atoms with van der Waals surface area (Å²) >= 11 is 0. The maximum Gasteiger partial charge on any atom is 0.408 e. The lowest BCUT2D eigenvalue weighted by molar-refractivity contribution is 0.0498. The zero-order chi connectivity index (χ0) is 20.9. The first-order valence-corrected chi connectivity index (χ1v) is 10.1. The summed E-state index contributed by atoms with van der Waals surface area (Å²) in [5.41, 5.74) is 7.05. The quantitative estimate of drug-likeness (QED) is 0.496. The van der Waals surface area contributed by atoms with Crippen LogP contribution in [0.5, 0.6) is 0 Å². The number of amides is 1. The monoisotopic (exact) mass is 394 g/mol. The normalized spacial score (nSPS) is 12.7. The molecule has 0 unspecified atom stereocenters. The molecule has 0 saturated carbocycles. The lowest BCUT2D eigenvalue weighted by Crippen LogP contribution is -2.35. The molecule has 3 aromatic rings. The van der Waals surface area contributed by atoms with Crippen molar-refractivity contribution in [2.75, 3.05) is 6.54 Å². The third-order valence-corrected chi connectivity index (χ3v) is 4.62. The van der Waals surface area contributed by atoms with Gasteiger partial charge in [0.25, 0.3) is 0 Å². The predicted octanol–water partition coefficient (Wildman–Crippen LogP) is 4.92. The summed E-state index contributed by atoms with van der Waals surface area (Å²) in [7, 11) is 0. The number of H-pyrrole nitrogens is 1. The summed E-state index contributed by atoms with van der Waals surface area (Å²) in [6.07, 6.45) is 3.89. The number of aromatic nitrogens is 2. The van der Waals surface area contributed by atoms with Gasteiger partial charge in [-0.15, -0.1) is 0 Å². The van der Waals surface area contributed by atoms with E-state index in [1.165, 1.54) is 10.8 Å². The topological polar surface area (TPSA) is 93.0 Å². The fourth-order valence-corrected chi connectivity index (χ4v) is 3.24. The van der Waals surface area contributed by atoms with Crippen molar-refractivity contribution in [1.29, 1.82) is 0 Å². The van der Waals surface area contributed by atoms with Crippen molar-refractivity contribution in [1.82, 2.24) is 15.3 Å². The van der Waals surface area contributed by atoms with E-state index in [2.05, 4.69) is 45.6 Å². The van der Waals surface area contributed by atoms with Gasteiger partial charge in [-0.05, 0) is 63.4 Å². The highest BCUT2D eigenvalue weighted by Gasteiger charge is 2.22. The van der Waals surface area contributed by atoms with Crippen LogP contribution in [-0.2, 0) is 4.74 Å². The standard InChI is InChI=1S/C23H30N4O2/c1-23(2,3)29-22(28)27-19(10-6-7-13-24)21-25-15-20(26-21)18-12-11-16-8-4-5-9-17(16)14-18/h4-5,8-9,11-12,14-15,19H,6-7,10,13,24H2,1-3H3,(H,25,26)(H,27,28)/t19-/m0/s1. The summed E-state index contributed by atoms with van der Waals surface area (Å²) in [6, 6.07) is 14.3. The molecule has 0 saturated heterocycles. The summed E-state index contributed by atoms with van der Waals surface area (Å²) in [6.45, 7) is 6.17. The van der Waals surface area contributed by atoms with Crippen LogP contribution in [0.25, 0.3) is 22.0 Å². The minimum atomic E-state index is -0.550. The minimum Gasteiger partial charge on any atom is -0.444 e. The molecule has 1 heterocycles. The molecule has 0 bridgehead atoms. The summed E-state index contributed by atoms with van der Waals surface area (Å²) in [5, 5.41) is 5.32. The van der Waals surface area contributed by atoms with E-state index < -0.39 is 11.7 Å². The average Bonchev–Trinajstić information content (AvgIpc) is 3.15. The number of rotatable bonds is 7. The molecular formula is C23H30N4O2. The molecule has 6 heteroatoms. The molecule has 154 valence electrons. The molecule has 1 aromatic heterocycles. The van der Waals surface area contributed by atoms with Gasteiger partial charge in [0.2, 0.25) is 0 Å². The lowest BCUT2D eigenvalue weighted by Gasteiger charge is -2.23. The highest BCUT2D eigenvalue weighted by atomic mass is 16.6. The lowest BCUT2D eigenvalue weighted by atomic mass is 10.1. The molecule has 0 aliphatic rings. The Labute approximate surface area is 171 Å². The molecule has 2 aromatic carbocycles. The van der Waals surface area contributed by atoms with Crippen LogP contribution in [0.4, 0.5) is 4.79 Å². The second kappa shape index (κ2) is 9.09. The van der Waals surface area contributed by atoms with Crippen molar-refractivity contribution in [2.45, 2.75) is 51.7 Å². The zero-order valence-electron chi connectivity index (χ0n) is 17.4. The number of nitrogens with one attached hydrogen (secondary N) is 2. The Bertz CT molecular complexity index is 959. The number of fused-ring (bicyclic) bond motifs is 1. The van der Waals surface area contributed by atoms with Gasteiger partial charge in [-0.1, -0.05) is 36.4 Å². The predicted molar refractivity (Wildman–Crippen MR) is 117 cm³/mol. The number of hydrogen-bond acceptors (Lipinski definition) is 4. The van der Waals surface area contributed by atoms with E-state index >= 15 is 0 Å². The molecule has 1 atom stereocenters. The van der Waals surface area contributed by atoms with E-state index in [1.807, 2.05) is 39.1 Å². The van der Waals surface area contributed by atoms with Crippen LogP contribution in [0.2, 0.25) is 0 Å². The fraction of sp³-hybridized carbons (Fsp3) is 0.391. The molecule has 6 nitrogen and oxygen atoms in total. The summed E-state index contributed by atoms with van der Waals surface area (Å²) < 4.78 is 5.42. The molecule has 29 heavy (non-hydrogen) atoms. The van der Waals surface area contributed by atoms with Crippen LogP contribution in [0.1, 0.15) is 51.9 Å². The number of alkyl carbamates (subject to hydrolysis) is 1. The second-order valence-corrected chi connectivity index (χ2v) is 8.23. The molecule has 0 aliphatic carbocycles. The van der Waals surface area contributed by atoms with Gasteiger partial charge in [-0.25, -0.2) is 9.78 Å². The van der Waals surface area contributed by atoms with Gasteiger partial charge < -0.3 is 20.8 Å². The van der Waals surface area contributed by atoms with Crippen molar-refractivity contribution < 1.29 is 9.53 Å². The number of nitrogens with two attached hydrogens (primary N) is 1. The van der Waals surface area contributed by atoms with E-state index in [-0.39, 0.29) is 6.04 Å². The first-order chi connectivity index (χ1) is 13.9. The van der Waals surface area contributed by atoms with Gasteiger partial charge in [-0.2, -0.15) is 0 Å². The van der Waals surface area contributed by atoms with Crippen molar-refractivity contribution >= 4 is 16.9 Å². The maximum absolute atomic E-state index is 12.3. The van der Waals surface area contributed by atoms with Gasteiger partial charge in [-0.3, -0.25) is 0 Å². The van der Waals surface area contributed by atoms with Crippen LogP contribution < -0.4 is 11.1 Å². The number of benzene rings is 2. The molecule has 0 aliphatic heterocycles.